The van der Waals surface area contributed by atoms with Crippen LogP contribution < -0.4 is 5.32 Å². The molecular formula is C18H20N4O3. The van der Waals surface area contributed by atoms with E-state index in [9.17, 15) is 14.7 Å². The van der Waals surface area contributed by atoms with Crippen molar-refractivity contribution in [2.45, 2.75) is 18.9 Å². The van der Waals surface area contributed by atoms with Crippen LogP contribution in [0.5, 0.6) is 0 Å². The molecule has 0 unspecified atom stereocenters. The maximum Gasteiger partial charge on any atom is 0.308 e. The van der Waals surface area contributed by atoms with Gasteiger partial charge in [-0.15, -0.1) is 0 Å². The predicted molar refractivity (Wildman–Crippen MR) is 91.8 cm³/mol. The number of aliphatic carboxylic acids is 1. The number of carbonyl (C=O) groups excluding carboxylic acids is 1. The molecule has 2 N–H and O–H groups in total. The lowest BCUT2D eigenvalue weighted by atomic mass is 9.84. The van der Waals surface area contributed by atoms with E-state index in [0.717, 1.165) is 5.56 Å². The fraction of sp³-hybridized carbons (Fsp3) is 0.333. The number of piperidine rings is 1. The Balaban J connectivity index is 1.77. The molecule has 2 heterocycles. The van der Waals surface area contributed by atoms with E-state index in [0.29, 0.717) is 25.5 Å². The summed E-state index contributed by atoms with van der Waals surface area (Å²) in [7, 11) is 0. The number of carboxylic acids is 1. The lowest BCUT2D eigenvalue weighted by molar-refractivity contribution is -0.151. The van der Waals surface area contributed by atoms with E-state index in [1.54, 1.807) is 23.4 Å². The zero-order chi connectivity index (χ0) is 17.6. The summed E-state index contributed by atoms with van der Waals surface area (Å²) in [6, 6.07) is 10.6. The van der Waals surface area contributed by atoms with Crippen LogP contribution in [0.15, 0.2) is 48.8 Å². The van der Waals surface area contributed by atoms with Gasteiger partial charge in [-0.3, -0.25) is 9.59 Å². The summed E-state index contributed by atoms with van der Waals surface area (Å²) in [5, 5.41) is 12.7. The van der Waals surface area contributed by atoms with Gasteiger partial charge in [0.05, 0.1) is 12.0 Å². The number of hydrogen-bond donors (Lipinski definition) is 2. The predicted octanol–water partition coefficient (Wildman–Crippen LogP) is 1.95. The normalized spacial score (nSPS) is 20.3. The molecule has 0 spiro atoms. The second kappa shape index (κ2) is 7.74. The molecule has 0 aliphatic carbocycles. The van der Waals surface area contributed by atoms with E-state index in [1.807, 2.05) is 30.3 Å². The Morgan fingerprint density at radius 2 is 1.92 bits per heavy atom. The summed E-state index contributed by atoms with van der Waals surface area (Å²) in [5.41, 5.74) is 0.846. The number of aromatic nitrogens is 2. The molecule has 25 heavy (non-hydrogen) atoms. The summed E-state index contributed by atoms with van der Waals surface area (Å²) >= 11 is 0. The summed E-state index contributed by atoms with van der Waals surface area (Å²) in [4.78, 5) is 34.0. The number of carboxylic acid groups (broad SMARTS) is 1. The highest BCUT2D eigenvalue weighted by Crippen LogP contribution is 2.36. The summed E-state index contributed by atoms with van der Waals surface area (Å²) in [6.45, 7) is 0.839. The molecule has 1 amide bonds. The maximum absolute atomic E-state index is 12.5. The fourth-order valence-corrected chi connectivity index (χ4v) is 3.22. The lowest BCUT2D eigenvalue weighted by Crippen LogP contribution is -2.47. The topological polar surface area (TPSA) is 95.4 Å². The molecule has 0 bridgehead atoms. The molecule has 1 aromatic carbocycles. The largest absolute Gasteiger partial charge is 0.481 e. The Bertz CT molecular complexity index is 724. The molecule has 130 valence electrons. The van der Waals surface area contributed by atoms with Gasteiger partial charge < -0.3 is 15.3 Å². The fourth-order valence-electron chi connectivity index (χ4n) is 3.22. The quantitative estimate of drug-likeness (QED) is 0.834. The van der Waals surface area contributed by atoms with Crippen molar-refractivity contribution in [1.82, 2.24) is 14.9 Å². The number of amides is 1. The Kier molecular flexibility index (Phi) is 5.23. The Hall–Kier alpha value is -2.96. The molecular weight excluding hydrogens is 320 g/mol. The van der Waals surface area contributed by atoms with E-state index in [1.165, 1.54) is 0 Å². The monoisotopic (exact) mass is 340 g/mol. The third-order valence-corrected chi connectivity index (χ3v) is 4.37. The van der Waals surface area contributed by atoms with E-state index in [4.69, 9.17) is 0 Å². The van der Waals surface area contributed by atoms with Crippen molar-refractivity contribution in [2.24, 2.45) is 5.92 Å². The number of nitrogens with zero attached hydrogens (tertiary/aromatic N) is 3. The number of hydrogen-bond acceptors (Lipinski definition) is 5. The van der Waals surface area contributed by atoms with Gasteiger partial charge in [-0.05, 0) is 18.1 Å². The number of carbonyl (C=O) groups is 2. The average Bonchev–Trinajstić information content (AvgIpc) is 2.64. The first-order valence-electron chi connectivity index (χ1n) is 8.25. The van der Waals surface area contributed by atoms with Crippen LogP contribution in [-0.2, 0) is 9.59 Å². The van der Waals surface area contributed by atoms with Gasteiger partial charge in [0.15, 0.2) is 0 Å². The van der Waals surface area contributed by atoms with Gasteiger partial charge in [0.25, 0.3) is 0 Å². The molecule has 2 aromatic rings. The Labute approximate surface area is 145 Å². The highest BCUT2D eigenvalue weighted by Gasteiger charge is 2.40. The van der Waals surface area contributed by atoms with Crippen LogP contribution >= 0.6 is 0 Å². The van der Waals surface area contributed by atoms with Gasteiger partial charge in [0.2, 0.25) is 11.9 Å². The smallest absolute Gasteiger partial charge is 0.308 e. The molecule has 1 aliphatic heterocycles. The van der Waals surface area contributed by atoms with Crippen molar-refractivity contribution in [3.63, 3.8) is 0 Å². The molecule has 7 nitrogen and oxygen atoms in total. The van der Waals surface area contributed by atoms with Crippen LogP contribution in [0, 0.1) is 5.92 Å². The van der Waals surface area contributed by atoms with Crippen LogP contribution in [-0.4, -0.2) is 44.9 Å². The number of anilines is 1. The van der Waals surface area contributed by atoms with Crippen molar-refractivity contribution in [3.05, 3.63) is 54.4 Å². The van der Waals surface area contributed by atoms with Crippen molar-refractivity contribution in [1.29, 1.82) is 0 Å². The zero-order valence-electron chi connectivity index (χ0n) is 13.7. The van der Waals surface area contributed by atoms with Crippen LogP contribution in [0.2, 0.25) is 0 Å². The number of benzene rings is 1. The Morgan fingerprint density at radius 3 is 2.60 bits per heavy atom. The van der Waals surface area contributed by atoms with Gasteiger partial charge in [-0.25, -0.2) is 9.97 Å². The first kappa shape index (κ1) is 16.9. The van der Waals surface area contributed by atoms with Crippen LogP contribution in [0.25, 0.3) is 0 Å². The zero-order valence-corrected chi connectivity index (χ0v) is 13.7. The third-order valence-electron chi connectivity index (χ3n) is 4.37. The molecule has 7 heteroatoms. The van der Waals surface area contributed by atoms with Crippen LogP contribution in [0.1, 0.15) is 24.4 Å². The van der Waals surface area contributed by atoms with E-state index in [2.05, 4.69) is 15.3 Å². The van der Waals surface area contributed by atoms with E-state index >= 15 is 0 Å². The maximum atomic E-state index is 12.5. The molecule has 0 radical (unpaired) electrons. The van der Waals surface area contributed by atoms with Crippen molar-refractivity contribution < 1.29 is 14.7 Å². The van der Waals surface area contributed by atoms with Gasteiger partial charge in [-0.1, -0.05) is 30.3 Å². The highest BCUT2D eigenvalue weighted by atomic mass is 16.4. The number of rotatable bonds is 6. The SMILES string of the molecule is O=C(O)[C@@H]1CCC(=O)N(CCNc2ncccn2)[C@@H]1c1ccccc1. The lowest BCUT2D eigenvalue weighted by Gasteiger charge is -2.39. The molecule has 2 atom stereocenters. The Morgan fingerprint density at radius 1 is 1.20 bits per heavy atom. The van der Waals surface area contributed by atoms with Gasteiger partial charge in [0.1, 0.15) is 0 Å². The van der Waals surface area contributed by atoms with Crippen molar-refractivity contribution in [3.8, 4) is 0 Å². The third kappa shape index (κ3) is 3.93. The number of likely N-dealkylation sites (tertiary alicyclic amines) is 1. The number of nitrogens with one attached hydrogen (secondary N) is 1. The van der Waals surface area contributed by atoms with Gasteiger partial charge in [-0.2, -0.15) is 0 Å². The molecule has 3 rings (SSSR count). The summed E-state index contributed by atoms with van der Waals surface area (Å²) < 4.78 is 0. The molecule has 1 aromatic heterocycles. The van der Waals surface area contributed by atoms with Crippen LogP contribution in [0.4, 0.5) is 5.95 Å². The standard InChI is InChI=1S/C18H20N4O3/c23-15-8-7-14(17(24)25)16(13-5-2-1-3-6-13)22(15)12-11-21-18-19-9-4-10-20-18/h1-6,9-10,14,16H,7-8,11-12H2,(H,24,25)(H,19,20,21)/t14-,16-/m1/s1. The first-order chi connectivity index (χ1) is 12.2. The highest BCUT2D eigenvalue weighted by molar-refractivity contribution is 5.81. The van der Waals surface area contributed by atoms with Gasteiger partial charge >= 0.3 is 5.97 Å². The molecule has 1 saturated heterocycles. The second-order valence-corrected chi connectivity index (χ2v) is 5.93. The first-order valence-corrected chi connectivity index (χ1v) is 8.25. The van der Waals surface area contributed by atoms with E-state index in [-0.39, 0.29) is 12.3 Å². The average molecular weight is 340 g/mol. The van der Waals surface area contributed by atoms with Crippen molar-refractivity contribution >= 4 is 17.8 Å². The summed E-state index contributed by atoms with van der Waals surface area (Å²) in [5.74, 6) is -1.01. The minimum absolute atomic E-state index is 0.0258. The molecule has 1 aliphatic rings. The minimum atomic E-state index is -0.870. The second-order valence-electron chi connectivity index (χ2n) is 5.93. The van der Waals surface area contributed by atoms with Crippen molar-refractivity contribution in [2.75, 3.05) is 18.4 Å². The van der Waals surface area contributed by atoms with E-state index < -0.39 is 17.9 Å². The minimum Gasteiger partial charge on any atom is -0.481 e. The van der Waals surface area contributed by atoms with Crippen LogP contribution in [0.3, 0.4) is 0 Å². The molecule has 1 fully saturated rings. The molecule has 0 saturated carbocycles. The summed E-state index contributed by atoms with van der Waals surface area (Å²) in [6.07, 6.45) is 3.88. The van der Waals surface area contributed by atoms with Gasteiger partial charge in [0, 0.05) is 31.9 Å².